The minimum absolute atomic E-state index is 0.410. The van der Waals surface area contributed by atoms with Crippen molar-refractivity contribution in [1.29, 1.82) is 0 Å². The van der Waals surface area contributed by atoms with Gasteiger partial charge in [0.15, 0.2) is 0 Å². The molecule has 0 amide bonds. The molecule has 0 unspecified atom stereocenters. The molecule has 0 heterocycles. The molecule has 0 aromatic heterocycles. The molecular formula is C15H20O. The summed E-state index contributed by atoms with van der Waals surface area (Å²) < 4.78 is 0. The Morgan fingerprint density at radius 3 is 2.56 bits per heavy atom. The third-order valence-corrected chi connectivity index (χ3v) is 3.71. The number of carbonyl (C=O) groups excluding carboxylic acids is 1. The average molecular weight is 216 g/mol. The second kappa shape index (κ2) is 4.82. The molecule has 1 fully saturated rings. The molecule has 1 saturated carbocycles. The fraction of sp³-hybridized carbons (Fsp3) is 0.533. The fourth-order valence-corrected chi connectivity index (χ4v) is 2.23. The Kier molecular flexibility index (Phi) is 3.42. The highest BCUT2D eigenvalue weighted by Gasteiger charge is 2.20. The molecule has 1 aliphatic rings. The lowest BCUT2D eigenvalue weighted by molar-refractivity contribution is -0.119. The molecule has 86 valence electrons. The summed E-state index contributed by atoms with van der Waals surface area (Å²) in [6.07, 6.45) is 5.27. The molecule has 0 radical (unpaired) electrons. The molecule has 1 aromatic carbocycles. The minimum atomic E-state index is 0.410. The van der Waals surface area contributed by atoms with Gasteiger partial charge in [-0.15, -0.1) is 0 Å². The Morgan fingerprint density at radius 2 is 2.00 bits per heavy atom. The Balaban J connectivity index is 1.92. The van der Waals surface area contributed by atoms with E-state index in [4.69, 9.17) is 0 Å². The van der Waals surface area contributed by atoms with E-state index in [0.29, 0.717) is 18.1 Å². The van der Waals surface area contributed by atoms with Gasteiger partial charge in [0.2, 0.25) is 0 Å². The molecule has 1 nitrogen and oxygen atoms in total. The number of Topliss-reactive ketones (excluding diaryl/α,β-unsaturated/α-hetero) is 1. The quantitative estimate of drug-likeness (QED) is 0.751. The molecule has 0 bridgehead atoms. The molecule has 0 saturated heterocycles. The number of carbonyl (C=O) groups is 1. The monoisotopic (exact) mass is 216 g/mol. The van der Waals surface area contributed by atoms with Crippen LogP contribution in [0.4, 0.5) is 0 Å². The maximum atomic E-state index is 11.8. The molecule has 0 N–H and O–H groups in total. The Bertz CT molecular complexity index is 388. The predicted octanol–water partition coefficient (Wildman–Crippen LogP) is 3.61. The van der Waals surface area contributed by atoms with Gasteiger partial charge in [0.25, 0.3) is 0 Å². The highest BCUT2D eigenvalue weighted by atomic mass is 16.1. The SMILES string of the molecule is Cc1ccc(CC(=O)CC2CCC2)cc1C. The van der Waals surface area contributed by atoms with Crippen LogP contribution in [0.3, 0.4) is 0 Å². The summed E-state index contributed by atoms with van der Waals surface area (Å²) in [5.74, 6) is 1.10. The summed E-state index contributed by atoms with van der Waals surface area (Å²) in [7, 11) is 0. The number of hydrogen-bond acceptors (Lipinski definition) is 1. The molecule has 0 spiro atoms. The van der Waals surface area contributed by atoms with Crippen molar-refractivity contribution in [3.05, 3.63) is 34.9 Å². The first-order valence-corrected chi connectivity index (χ1v) is 6.23. The summed E-state index contributed by atoms with van der Waals surface area (Å²) >= 11 is 0. The number of benzene rings is 1. The van der Waals surface area contributed by atoms with Crippen molar-refractivity contribution in [2.75, 3.05) is 0 Å². The zero-order valence-electron chi connectivity index (χ0n) is 10.3. The van der Waals surface area contributed by atoms with Crippen LogP contribution in [0.1, 0.15) is 42.4 Å². The van der Waals surface area contributed by atoms with E-state index in [1.54, 1.807) is 0 Å². The first kappa shape index (κ1) is 11.4. The van der Waals surface area contributed by atoms with Gasteiger partial charge in [-0.25, -0.2) is 0 Å². The summed E-state index contributed by atoms with van der Waals surface area (Å²) in [5.41, 5.74) is 3.76. The van der Waals surface area contributed by atoms with Crippen molar-refractivity contribution < 1.29 is 4.79 Å². The Hall–Kier alpha value is -1.11. The summed E-state index contributed by atoms with van der Waals surface area (Å²) in [6, 6.07) is 6.34. The van der Waals surface area contributed by atoms with E-state index in [9.17, 15) is 4.79 Å². The van der Waals surface area contributed by atoms with Gasteiger partial charge in [0.1, 0.15) is 5.78 Å². The normalized spacial score (nSPS) is 15.9. The lowest BCUT2D eigenvalue weighted by Crippen LogP contribution is -2.17. The molecule has 2 rings (SSSR count). The van der Waals surface area contributed by atoms with Gasteiger partial charge in [-0.2, -0.15) is 0 Å². The van der Waals surface area contributed by atoms with Gasteiger partial charge >= 0.3 is 0 Å². The lowest BCUT2D eigenvalue weighted by Gasteiger charge is -2.24. The van der Waals surface area contributed by atoms with Gasteiger partial charge < -0.3 is 0 Å². The van der Waals surface area contributed by atoms with Crippen molar-refractivity contribution in [1.82, 2.24) is 0 Å². The van der Waals surface area contributed by atoms with E-state index in [-0.39, 0.29) is 0 Å². The molecule has 0 atom stereocenters. The third-order valence-electron chi connectivity index (χ3n) is 3.71. The Labute approximate surface area is 97.9 Å². The average Bonchev–Trinajstić information content (AvgIpc) is 2.18. The van der Waals surface area contributed by atoms with Crippen LogP contribution in [-0.2, 0) is 11.2 Å². The van der Waals surface area contributed by atoms with Crippen LogP contribution in [0.2, 0.25) is 0 Å². The zero-order valence-corrected chi connectivity index (χ0v) is 10.3. The maximum absolute atomic E-state index is 11.8. The number of hydrogen-bond donors (Lipinski definition) is 0. The standard InChI is InChI=1S/C15H20O/c1-11-6-7-14(8-12(11)2)10-15(16)9-13-4-3-5-13/h6-8,13H,3-5,9-10H2,1-2H3. The predicted molar refractivity (Wildman–Crippen MR) is 66.6 cm³/mol. The molecule has 0 aliphatic heterocycles. The summed E-state index contributed by atoms with van der Waals surface area (Å²) in [4.78, 5) is 11.8. The largest absolute Gasteiger partial charge is 0.299 e. The Morgan fingerprint density at radius 1 is 1.25 bits per heavy atom. The van der Waals surface area contributed by atoms with Gasteiger partial charge in [-0.3, -0.25) is 4.79 Å². The van der Waals surface area contributed by atoms with Crippen molar-refractivity contribution in [2.45, 2.75) is 46.0 Å². The highest BCUT2D eigenvalue weighted by Crippen LogP contribution is 2.29. The van der Waals surface area contributed by atoms with Crippen LogP contribution in [0.5, 0.6) is 0 Å². The number of rotatable bonds is 4. The molecular weight excluding hydrogens is 196 g/mol. The topological polar surface area (TPSA) is 17.1 Å². The van der Waals surface area contributed by atoms with Crippen LogP contribution in [0.15, 0.2) is 18.2 Å². The second-order valence-corrected chi connectivity index (χ2v) is 5.14. The summed E-state index contributed by atoms with van der Waals surface area (Å²) in [5, 5.41) is 0. The zero-order chi connectivity index (χ0) is 11.5. The smallest absolute Gasteiger partial charge is 0.137 e. The van der Waals surface area contributed by atoms with E-state index in [1.807, 2.05) is 0 Å². The molecule has 1 heteroatoms. The second-order valence-electron chi connectivity index (χ2n) is 5.14. The van der Waals surface area contributed by atoms with E-state index in [2.05, 4.69) is 32.0 Å². The maximum Gasteiger partial charge on any atom is 0.137 e. The first-order valence-electron chi connectivity index (χ1n) is 6.23. The van der Waals surface area contributed by atoms with E-state index in [1.165, 1.54) is 36.0 Å². The van der Waals surface area contributed by atoms with Crippen molar-refractivity contribution in [3.8, 4) is 0 Å². The van der Waals surface area contributed by atoms with Crippen LogP contribution >= 0.6 is 0 Å². The lowest BCUT2D eigenvalue weighted by atomic mass is 9.81. The van der Waals surface area contributed by atoms with Gasteiger partial charge in [-0.1, -0.05) is 37.5 Å². The van der Waals surface area contributed by atoms with Crippen LogP contribution < -0.4 is 0 Å². The van der Waals surface area contributed by atoms with Gasteiger partial charge in [-0.05, 0) is 36.5 Å². The van der Waals surface area contributed by atoms with Gasteiger partial charge in [0.05, 0.1) is 0 Å². The van der Waals surface area contributed by atoms with Crippen molar-refractivity contribution in [3.63, 3.8) is 0 Å². The number of ketones is 1. The van der Waals surface area contributed by atoms with Gasteiger partial charge in [0, 0.05) is 12.8 Å². The fourth-order valence-electron chi connectivity index (χ4n) is 2.23. The number of aryl methyl sites for hydroxylation is 2. The van der Waals surface area contributed by atoms with Crippen molar-refractivity contribution in [2.24, 2.45) is 5.92 Å². The minimum Gasteiger partial charge on any atom is -0.299 e. The van der Waals surface area contributed by atoms with Crippen LogP contribution in [-0.4, -0.2) is 5.78 Å². The van der Waals surface area contributed by atoms with E-state index < -0.39 is 0 Å². The summed E-state index contributed by atoms with van der Waals surface area (Å²) in [6.45, 7) is 4.21. The third kappa shape index (κ3) is 2.72. The molecule has 1 aromatic rings. The first-order chi connectivity index (χ1) is 7.65. The van der Waals surface area contributed by atoms with E-state index in [0.717, 1.165) is 6.42 Å². The molecule has 16 heavy (non-hydrogen) atoms. The molecule has 1 aliphatic carbocycles. The van der Waals surface area contributed by atoms with Crippen molar-refractivity contribution >= 4 is 5.78 Å². The van der Waals surface area contributed by atoms with Crippen LogP contribution in [0, 0.1) is 19.8 Å². The highest BCUT2D eigenvalue weighted by molar-refractivity contribution is 5.81. The van der Waals surface area contributed by atoms with E-state index >= 15 is 0 Å². The van der Waals surface area contributed by atoms with Crippen LogP contribution in [0.25, 0.3) is 0 Å².